The molecule has 1 atom stereocenters. The highest BCUT2D eigenvalue weighted by molar-refractivity contribution is 6.61. The maximum atomic E-state index is 10.1. The molecule has 0 radical (unpaired) electrons. The van der Waals surface area contributed by atoms with Crippen molar-refractivity contribution in [2.75, 3.05) is 13.2 Å². The molecule has 1 heterocycles. The lowest BCUT2D eigenvalue weighted by molar-refractivity contribution is 0.165. The Morgan fingerprint density at radius 2 is 1.88 bits per heavy atom. The minimum Gasteiger partial charge on any atom is -0.493 e. The Morgan fingerprint density at radius 1 is 1.08 bits per heavy atom. The van der Waals surface area contributed by atoms with E-state index in [4.69, 9.17) is 19.2 Å². The fraction of sp³-hybridized carbons (Fsp3) is 0.400. The molecule has 6 heteroatoms. The molecule has 0 aromatic heterocycles. The first kappa shape index (κ1) is 18.8. The lowest BCUT2D eigenvalue weighted by Gasteiger charge is -2.12. The summed E-state index contributed by atoms with van der Waals surface area (Å²) in [4.78, 5) is 0. The second kappa shape index (κ2) is 9.08. The molecule has 5 nitrogen and oxygen atoms in total. The van der Waals surface area contributed by atoms with E-state index in [1.165, 1.54) is 0 Å². The highest BCUT2D eigenvalue weighted by Crippen LogP contribution is 2.31. The normalized spacial score (nSPS) is 15.8. The predicted octanol–water partition coefficient (Wildman–Crippen LogP) is 3.19. The third-order valence-electron chi connectivity index (χ3n) is 4.40. The summed E-state index contributed by atoms with van der Waals surface area (Å²) in [6, 6.07) is 13.1. The summed E-state index contributed by atoms with van der Waals surface area (Å²) >= 11 is 0. The number of rotatable bonds is 9. The average molecular weight is 356 g/mol. The summed E-state index contributed by atoms with van der Waals surface area (Å²) in [5.74, 6) is 2.11. The zero-order chi connectivity index (χ0) is 18.4. The monoisotopic (exact) mass is 356 g/mol. The van der Waals surface area contributed by atoms with E-state index in [0.29, 0.717) is 30.9 Å². The van der Waals surface area contributed by atoms with Crippen molar-refractivity contribution < 1.29 is 24.3 Å². The fourth-order valence-electron chi connectivity index (χ4n) is 3.02. The lowest BCUT2D eigenvalue weighted by atomic mass is 9.79. The van der Waals surface area contributed by atoms with Crippen LogP contribution in [0.5, 0.6) is 17.2 Å². The van der Waals surface area contributed by atoms with Crippen LogP contribution in [-0.2, 0) is 4.65 Å². The number of aliphatic hydroxyl groups excluding tert-OH is 1. The minimum absolute atomic E-state index is 0.114. The summed E-state index contributed by atoms with van der Waals surface area (Å²) in [5.41, 5.74) is 1.68. The molecule has 1 unspecified atom stereocenters. The molecule has 2 aromatic carbocycles. The Labute approximate surface area is 154 Å². The molecule has 138 valence electrons. The van der Waals surface area contributed by atoms with Crippen LogP contribution in [0.1, 0.15) is 44.3 Å². The highest BCUT2D eigenvalue weighted by atomic mass is 16.5. The van der Waals surface area contributed by atoms with Crippen molar-refractivity contribution >= 4 is 12.6 Å². The summed E-state index contributed by atoms with van der Waals surface area (Å²) in [6.45, 7) is 2.93. The van der Waals surface area contributed by atoms with E-state index in [1.54, 1.807) is 0 Å². The van der Waals surface area contributed by atoms with Crippen LogP contribution in [0.25, 0.3) is 0 Å². The van der Waals surface area contributed by atoms with E-state index in [-0.39, 0.29) is 12.7 Å². The number of benzene rings is 2. The van der Waals surface area contributed by atoms with Crippen molar-refractivity contribution in [3.63, 3.8) is 0 Å². The van der Waals surface area contributed by atoms with E-state index < -0.39 is 7.12 Å². The van der Waals surface area contributed by atoms with Gasteiger partial charge in [-0.3, -0.25) is 0 Å². The quantitative estimate of drug-likeness (QED) is 0.534. The molecule has 0 spiro atoms. The third-order valence-corrected chi connectivity index (χ3v) is 4.40. The second-order valence-corrected chi connectivity index (χ2v) is 6.41. The molecule has 0 saturated carbocycles. The Bertz CT molecular complexity index is 721. The fourth-order valence-corrected chi connectivity index (χ4v) is 3.02. The van der Waals surface area contributed by atoms with Gasteiger partial charge in [-0.15, -0.1) is 0 Å². The van der Waals surface area contributed by atoms with E-state index in [0.717, 1.165) is 29.6 Å². The van der Waals surface area contributed by atoms with Gasteiger partial charge in [-0.25, -0.2) is 0 Å². The molecule has 2 aromatic rings. The molecule has 0 amide bonds. The van der Waals surface area contributed by atoms with Gasteiger partial charge < -0.3 is 24.3 Å². The molecular weight excluding hydrogens is 331 g/mol. The number of hydrogen-bond acceptors (Lipinski definition) is 5. The number of ether oxygens (including phenoxy) is 2. The zero-order valence-corrected chi connectivity index (χ0v) is 15.1. The Morgan fingerprint density at radius 3 is 2.69 bits per heavy atom. The standard InChI is InChI=1S/C20H25BO5/c1-2-3-12-24-15-6-4-7-16(13-15)25-17-9-10-18-19(14-17)21(23)26-20(18)8-5-11-22/h4,6-7,9-10,13-14,20,22-23H,2-3,5,8,11-12H2,1H3. The molecule has 3 rings (SSSR count). The topological polar surface area (TPSA) is 68.2 Å². The number of unbranched alkanes of at least 4 members (excludes halogenated alkanes) is 1. The summed E-state index contributed by atoms with van der Waals surface area (Å²) in [6.07, 6.45) is 3.24. The van der Waals surface area contributed by atoms with Gasteiger partial charge in [0, 0.05) is 12.7 Å². The Kier molecular flexibility index (Phi) is 6.55. The third kappa shape index (κ3) is 4.58. The van der Waals surface area contributed by atoms with Crippen molar-refractivity contribution in [1.82, 2.24) is 0 Å². The van der Waals surface area contributed by atoms with E-state index >= 15 is 0 Å². The van der Waals surface area contributed by atoms with E-state index in [9.17, 15) is 5.02 Å². The van der Waals surface area contributed by atoms with Crippen molar-refractivity contribution in [2.24, 2.45) is 0 Å². The molecule has 2 N–H and O–H groups in total. The van der Waals surface area contributed by atoms with Crippen LogP contribution in [0.2, 0.25) is 0 Å². The van der Waals surface area contributed by atoms with Crippen molar-refractivity contribution in [3.8, 4) is 17.2 Å². The molecule has 1 aliphatic heterocycles. The predicted molar refractivity (Wildman–Crippen MR) is 101 cm³/mol. The highest BCUT2D eigenvalue weighted by Gasteiger charge is 2.34. The first-order chi connectivity index (χ1) is 12.7. The second-order valence-electron chi connectivity index (χ2n) is 6.41. The molecule has 0 bridgehead atoms. The van der Waals surface area contributed by atoms with Crippen LogP contribution in [-0.4, -0.2) is 30.5 Å². The number of fused-ring (bicyclic) bond motifs is 1. The Hall–Kier alpha value is -2.02. The lowest BCUT2D eigenvalue weighted by Crippen LogP contribution is -2.27. The Balaban J connectivity index is 1.70. The van der Waals surface area contributed by atoms with Crippen molar-refractivity contribution in [2.45, 2.75) is 38.7 Å². The molecule has 0 saturated heterocycles. The minimum atomic E-state index is -0.957. The van der Waals surface area contributed by atoms with Gasteiger partial charge in [0.1, 0.15) is 17.2 Å². The van der Waals surface area contributed by atoms with Crippen LogP contribution in [0, 0.1) is 0 Å². The smallest absolute Gasteiger partial charge is 0.492 e. The van der Waals surface area contributed by atoms with Gasteiger partial charge in [0.05, 0.1) is 12.7 Å². The van der Waals surface area contributed by atoms with E-state index in [2.05, 4.69) is 6.92 Å². The van der Waals surface area contributed by atoms with E-state index in [1.807, 2.05) is 42.5 Å². The molecule has 1 aliphatic rings. The zero-order valence-electron chi connectivity index (χ0n) is 15.1. The van der Waals surface area contributed by atoms with Gasteiger partial charge in [0.25, 0.3) is 0 Å². The summed E-state index contributed by atoms with van der Waals surface area (Å²) in [5, 5.41) is 19.1. The van der Waals surface area contributed by atoms with Gasteiger partial charge in [-0.1, -0.05) is 25.5 Å². The maximum absolute atomic E-state index is 10.1. The first-order valence-corrected chi connectivity index (χ1v) is 9.20. The largest absolute Gasteiger partial charge is 0.493 e. The number of aliphatic hydroxyl groups is 1. The molecular formula is C20H25BO5. The van der Waals surface area contributed by atoms with Crippen LogP contribution in [0.15, 0.2) is 42.5 Å². The summed E-state index contributed by atoms with van der Waals surface area (Å²) in [7, 11) is -0.957. The number of hydrogen-bond donors (Lipinski definition) is 2. The van der Waals surface area contributed by atoms with Crippen LogP contribution < -0.4 is 14.9 Å². The summed E-state index contributed by atoms with van der Waals surface area (Å²) < 4.78 is 17.2. The van der Waals surface area contributed by atoms with Gasteiger partial charge in [-0.05, 0) is 54.6 Å². The van der Waals surface area contributed by atoms with Crippen molar-refractivity contribution in [1.29, 1.82) is 0 Å². The molecule has 0 aliphatic carbocycles. The van der Waals surface area contributed by atoms with Crippen LogP contribution in [0.4, 0.5) is 0 Å². The van der Waals surface area contributed by atoms with Gasteiger partial charge >= 0.3 is 7.12 Å². The van der Waals surface area contributed by atoms with Gasteiger partial charge in [0.2, 0.25) is 0 Å². The van der Waals surface area contributed by atoms with Gasteiger partial charge in [0.15, 0.2) is 0 Å². The van der Waals surface area contributed by atoms with Gasteiger partial charge in [-0.2, -0.15) is 0 Å². The van der Waals surface area contributed by atoms with Crippen LogP contribution >= 0.6 is 0 Å². The SMILES string of the molecule is CCCCOc1cccc(Oc2ccc3c(c2)B(O)OC3CCCO)c1. The average Bonchev–Trinajstić information content (AvgIpc) is 2.96. The molecule has 0 fully saturated rings. The van der Waals surface area contributed by atoms with Crippen LogP contribution in [0.3, 0.4) is 0 Å². The van der Waals surface area contributed by atoms with Crippen molar-refractivity contribution in [3.05, 3.63) is 48.0 Å². The maximum Gasteiger partial charge on any atom is 0.492 e. The first-order valence-electron chi connectivity index (χ1n) is 9.20. The molecule has 26 heavy (non-hydrogen) atoms.